The highest BCUT2D eigenvalue weighted by molar-refractivity contribution is 9.10. The molecule has 0 unspecified atom stereocenters. The number of ether oxygens (including phenoxy) is 1. The van der Waals surface area contributed by atoms with E-state index in [9.17, 15) is 9.18 Å². The molecule has 2 aromatic rings. The Morgan fingerprint density at radius 1 is 1.11 bits per heavy atom. The van der Waals surface area contributed by atoms with Crippen LogP contribution in [0.2, 0.25) is 0 Å². The van der Waals surface area contributed by atoms with Crippen molar-refractivity contribution in [1.29, 1.82) is 0 Å². The molecule has 0 bridgehead atoms. The van der Waals surface area contributed by atoms with E-state index >= 15 is 0 Å². The van der Waals surface area contributed by atoms with Crippen LogP contribution in [0.25, 0.3) is 0 Å². The molecule has 0 saturated heterocycles. The number of hydrogen-bond acceptors (Lipinski definition) is 2. The number of aromatic carboxylic acids is 1. The summed E-state index contributed by atoms with van der Waals surface area (Å²) in [4.78, 5) is 10.9. The van der Waals surface area contributed by atoms with Gasteiger partial charge in [0, 0.05) is 4.47 Å². The number of carbonyl (C=O) groups is 1. The SMILES string of the molecule is O=C(O)c1cc(Br)cc(Oc2ccc(F)cc2)c1. The van der Waals surface area contributed by atoms with Gasteiger partial charge in [-0.05, 0) is 42.5 Å². The van der Waals surface area contributed by atoms with Gasteiger partial charge in [0.15, 0.2) is 0 Å². The van der Waals surface area contributed by atoms with E-state index in [1.54, 1.807) is 6.07 Å². The largest absolute Gasteiger partial charge is 0.478 e. The molecule has 1 N–H and O–H groups in total. The number of halogens is 2. The van der Waals surface area contributed by atoms with Gasteiger partial charge in [-0.1, -0.05) is 15.9 Å². The summed E-state index contributed by atoms with van der Waals surface area (Å²) in [7, 11) is 0. The summed E-state index contributed by atoms with van der Waals surface area (Å²) in [6, 6.07) is 9.98. The van der Waals surface area contributed by atoms with Gasteiger partial charge >= 0.3 is 5.97 Å². The summed E-state index contributed by atoms with van der Waals surface area (Å²) in [6.07, 6.45) is 0. The molecule has 0 aliphatic heterocycles. The summed E-state index contributed by atoms with van der Waals surface area (Å²) in [5, 5.41) is 8.91. The smallest absolute Gasteiger partial charge is 0.335 e. The minimum absolute atomic E-state index is 0.112. The van der Waals surface area contributed by atoms with E-state index in [2.05, 4.69) is 15.9 Å². The van der Waals surface area contributed by atoms with Crippen LogP contribution in [0.5, 0.6) is 11.5 Å². The van der Waals surface area contributed by atoms with Crippen molar-refractivity contribution < 1.29 is 19.0 Å². The zero-order chi connectivity index (χ0) is 13.1. The Kier molecular flexibility index (Phi) is 3.62. The van der Waals surface area contributed by atoms with Gasteiger partial charge in [0.1, 0.15) is 17.3 Å². The molecule has 0 saturated carbocycles. The maximum atomic E-state index is 12.7. The van der Waals surface area contributed by atoms with Crippen molar-refractivity contribution in [2.45, 2.75) is 0 Å². The fourth-order valence-corrected chi connectivity index (χ4v) is 1.86. The van der Waals surface area contributed by atoms with Crippen molar-refractivity contribution in [3.8, 4) is 11.5 Å². The lowest BCUT2D eigenvalue weighted by Crippen LogP contribution is -1.96. The molecule has 3 nitrogen and oxygen atoms in total. The predicted octanol–water partition coefficient (Wildman–Crippen LogP) is 4.08. The van der Waals surface area contributed by atoms with Gasteiger partial charge in [0.2, 0.25) is 0 Å². The van der Waals surface area contributed by atoms with E-state index in [0.717, 1.165) is 0 Å². The van der Waals surface area contributed by atoms with Gasteiger partial charge in [-0.2, -0.15) is 0 Å². The molecule has 0 aromatic heterocycles. The predicted molar refractivity (Wildman–Crippen MR) is 67.6 cm³/mol. The Balaban J connectivity index is 2.28. The first-order chi connectivity index (χ1) is 8.54. The second-order valence-corrected chi connectivity index (χ2v) is 4.45. The number of rotatable bonds is 3. The molecule has 0 fully saturated rings. The molecular weight excluding hydrogens is 303 g/mol. The molecular formula is C13H8BrFO3. The molecule has 2 aromatic carbocycles. The van der Waals surface area contributed by atoms with Gasteiger partial charge < -0.3 is 9.84 Å². The lowest BCUT2D eigenvalue weighted by atomic mass is 10.2. The zero-order valence-electron chi connectivity index (χ0n) is 9.06. The maximum Gasteiger partial charge on any atom is 0.335 e. The third-order valence-corrected chi connectivity index (χ3v) is 2.63. The van der Waals surface area contributed by atoms with Crippen molar-refractivity contribution in [2.75, 3.05) is 0 Å². The molecule has 0 amide bonds. The average molecular weight is 311 g/mol. The van der Waals surface area contributed by atoms with Crippen molar-refractivity contribution in [3.63, 3.8) is 0 Å². The van der Waals surface area contributed by atoms with Crippen molar-refractivity contribution in [2.24, 2.45) is 0 Å². The number of carboxylic acid groups (broad SMARTS) is 1. The Labute approximate surface area is 111 Å². The van der Waals surface area contributed by atoms with Gasteiger partial charge in [0.25, 0.3) is 0 Å². The monoisotopic (exact) mass is 310 g/mol. The molecule has 0 heterocycles. The molecule has 5 heteroatoms. The first-order valence-corrected chi connectivity index (χ1v) is 5.81. The molecule has 0 aliphatic rings. The molecule has 0 radical (unpaired) electrons. The third-order valence-electron chi connectivity index (χ3n) is 2.17. The van der Waals surface area contributed by atoms with E-state index in [0.29, 0.717) is 16.0 Å². The number of benzene rings is 2. The minimum Gasteiger partial charge on any atom is -0.478 e. The molecule has 0 atom stereocenters. The van der Waals surface area contributed by atoms with Crippen LogP contribution >= 0.6 is 15.9 Å². The maximum absolute atomic E-state index is 12.7. The van der Waals surface area contributed by atoms with Crippen LogP contribution in [0.1, 0.15) is 10.4 Å². The normalized spacial score (nSPS) is 10.1. The van der Waals surface area contributed by atoms with Crippen LogP contribution in [-0.4, -0.2) is 11.1 Å². The Morgan fingerprint density at radius 3 is 2.39 bits per heavy atom. The van der Waals surface area contributed by atoms with Crippen LogP contribution in [0.4, 0.5) is 4.39 Å². The van der Waals surface area contributed by atoms with Gasteiger partial charge in [-0.25, -0.2) is 9.18 Å². The quantitative estimate of drug-likeness (QED) is 0.929. The van der Waals surface area contributed by atoms with Gasteiger partial charge in [0.05, 0.1) is 5.56 Å². The van der Waals surface area contributed by atoms with Crippen LogP contribution in [-0.2, 0) is 0 Å². The fraction of sp³-hybridized carbons (Fsp3) is 0. The second kappa shape index (κ2) is 5.18. The molecule has 18 heavy (non-hydrogen) atoms. The molecule has 0 aliphatic carbocycles. The van der Waals surface area contributed by atoms with Crippen molar-refractivity contribution in [1.82, 2.24) is 0 Å². The zero-order valence-corrected chi connectivity index (χ0v) is 10.6. The first kappa shape index (κ1) is 12.6. The highest BCUT2D eigenvalue weighted by Gasteiger charge is 2.07. The van der Waals surface area contributed by atoms with E-state index in [4.69, 9.17) is 9.84 Å². The van der Waals surface area contributed by atoms with Crippen LogP contribution < -0.4 is 4.74 Å². The van der Waals surface area contributed by atoms with Gasteiger partial charge in [-0.3, -0.25) is 0 Å². The summed E-state index contributed by atoms with van der Waals surface area (Å²) in [6.45, 7) is 0. The van der Waals surface area contributed by atoms with Crippen LogP contribution in [0, 0.1) is 5.82 Å². The third kappa shape index (κ3) is 3.07. The van der Waals surface area contributed by atoms with Crippen LogP contribution in [0.15, 0.2) is 46.9 Å². The van der Waals surface area contributed by atoms with E-state index in [1.165, 1.54) is 36.4 Å². The number of carboxylic acids is 1. The number of hydrogen-bond donors (Lipinski definition) is 1. The second-order valence-electron chi connectivity index (χ2n) is 3.54. The molecule has 92 valence electrons. The van der Waals surface area contributed by atoms with Crippen LogP contribution in [0.3, 0.4) is 0 Å². The van der Waals surface area contributed by atoms with Gasteiger partial charge in [-0.15, -0.1) is 0 Å². The summed E-state index contributed by atoms with van der Waals surface area (Å²) in [5.74, 6) is -0.595. The highest BCUT2D eigenvalue weighted by atomic mass is 79.9. The van der Waals surface area contributed by atoms with E-state index in [1.807, 2.05) is 0 Å². The minimum atomic E-state index is -1.04. The Morgan fingerprint density at radius 2 is 1.78 bits per heavy atom. The lowest BCUT2D eigenvalue weighted by Gasteiger charge is -2.07. The molecule has 0 spiro atoms. The van der Waals surface area contributed by atoms with E-state index < -0.39 is 5.97 Å². The summed E-state index contributed by atoms with van der Waals surface area (Å²) < 4.78 is 18.8. The van der Waals surface area contributed by atoms with Crippen molar-refractivity contribution in [3.05, 3.63) is 58.3 Å². The standard InChI is InChI=1S/C13H8BrFO3/c14-9-5-8(13(16)17)6-12(7-9)18-11-3-1-10(15)2-4-11/h1-7H,(H,16,17). The topological polar surface area (TPSA) is 46.5 Å². The summed E-state index contributed by atoms with van der Waals surface area (Å²) >= 11 is 3.20. The molecule has 2 rings (SSSR count). The first-order valence-electron chi connectivity index (χ1n) is 5.02. The Bertz CT molecular complexity index is 581. The van der Waals surface area contributed by atoms with Crippen molar-refractivity contribution >= 4 is 21.9 Å². The average Bonchev–Trinajstić information content (AvgIpc) is 2.31. The Hall–Kier alpha value is -1.88. The van der Waals surface area contributed by atoms with E-state index in [-0.39, 0.29) is 11.4 Å². The lowest BCUT2D eigenvalue weighted by molar-refractivity contribution is 0.0696. The fourth-order valence-electron chi connectivity index (χ4n) is 1.38. The highest BCUT2D eigenvalue weighted by Crippen LogP contribution is 2.26. The summed E-state index contributed by atoms with van der Waals surface area (Å²) in [5.41, 5.74) is 0.112.